The summed E-state index contributed by atoms with van der Waals surface area (Å²) in [7, 11) is -1.70. The van der Waals surface area contributed by atoms with Gasteiger partial charge in [-0.25, -0.2) is 0 Å². The molecule has 0 aliphatic heterocycles. The van der Waals surface area contributed by atoms with Gasteiger partial charge >= 0.3 is 0 Å². The van der Waals surface area contributed by atoms with E-state index in [1.165, 1.54) is 21.9 Å². The van der Waals surface area contributed by atoms with E-state index in [2.05, 4.69) is 199 Å². The average molecular weight is 1100 g/mol. The normalized spacial score (nSPS) is 12.4. The zero-order chi connectivity index (χ0) is 49.1. The molecular formula is C64H53IrN3OSi-2. The quantitative estimate of drug-likeness (QED) is 0.118. The molecule has 9 aromatic carbocycles. The average Bonchev–Trinajstić information content (AvgIpc) is 3.98. The third kappa shape index (κ3) is 9.07. The van der Waals surface area contributed by atoms with E-state index < -0.39 is 19.9 Å². The second kappa shape index (κ2) is 18.9. The topological polar surface area (TPSA) is 43.9 Å². The van der Waals surface area contributed by atoms with Gasteiger partial charge in [0.05, 0.1) is 30.5 Å². The molecule has 0 unspecified atom stereocenters. The van der Waals surface area contributed by atoms with Gasteiger partial charge in [-0.1, -0.05) is 185 Å². The Morgan fingerprint density at radius 3 is 2.00 bits per heavy atom. The van der Waals surface area contributed by atoms with Crippen molar-refractivity contribution in [1.29, 1.82) is 0 Å². The molecule has 4 nitrogen and oxygen atoms in total. The fraction of sp³-hybridized carbons (Fsp3) is 0.125. The maximum Gasteiger partial charge on any atom is 0.121 e. The maximum absolute atomic E-state index is 8.75. The summed E-state index contributed by atoms with van der Waals surface area (Å²) in [6, 6.07) is 74.1. The van der Waals surface area contributed by atoms with Crippen LogP contribution in [0.15, 0.2) is 205 Å². The molecule has 0 fully saturated rings. The van der Waals surface area contributed by atoms with E-state index in [0.29, 0.717) is 0 Å². The first-order chi connectivity index (χ1) is 34.2. The number of hydrogen-bond acceptors (Lipinski definition) is 3. The zero-order valence-corrected chi connectivity index (χ0v) is 43.5. The monoisotopic (exact) mass is 1100 g/mol. The van der Waals surface area contributed by atoms with E-state index in [1.54, 1.807) is 0 Å². The van der Waals surface area contributed by atoms with Crippen LogP contribution in [-0.4, -0.2) is 22.6 Å². The van der Waals surface area contributed by atoms with Gasteiger partial charge in [0.25, 0.3) is 0 Å². The summed E-state index contributed by atoms with van der Waals surface area (Å²) >= 11 is 0. The summed E-state index contributed by atoms with van der Waals surface area (Å²) in [5, 5.41) is 7.91. The Hall–Kier alpha value is -7.21. The third-order valence-electron chi connectivity index (χ3n) is 12.7. The number of aromatic nitrogens is 3. The molecule has 12 rings (SSSR count). The first-order valence-electron chi connectivity index (χ1n) is 24.6. The summed E-state index contributed by atoms with van der Waals surface area (Å²) in [6.45, 7) is 12.6. The largest absolute Gasteiger partial charge is 0.500 e. The molecule has 0 atom stereocenters. The minimum atomic E-state index is -1.70. The van der Waals surface area contributed by atoms with Gasteiger partial charge in [0.15, 0.2) is 0 Å². The molecule has 0 bridgehead atoms. The molecule has 0 amide bonds. The second-order valence-electron chi connectivity index (χ2n) is 19.8. The van der Waals surface area contributed by atoms with Gasteiger partial charge in [-0.3, -0.25) is 4.98 Å². The summed E-state index contributed by atoms with van der Waals surface area (Å²) in [4.78, 5) is 10.0. The van der Waals surface area contributed by atoms with Crippen LogP contribution in [0, 0.1) is 17.5 Å². The third-order valence-corrected chi connectivity index (χ3v) is 14.7. The summed E-state index contributed by atoms with van der Waals surface area (Å²) in [5.41, 5.74) is 12.3. The Balaban J connectivity index is 0.000000211. The SMILES string of the molecule is [2H]C([2H])(c1cc(-c2[c-]cccc2)ncc1[Si](C)(C)C)C(C)(C)C.[Ir].[c-]1cc2oc3ccc4ccccc4c3c2cc1-c1nc2c3ccccc3ccc2n1-c1ccc(-c2ccccc2)cc1-c1ccccc1. The minimum Gasteiger partial charge on any atom is -0.500 e. The van der Waals surface area contributed by atoms with Crippen LogP contribution in [0.25, 0.3) is 105 Å². The van der Waals surface area contributed by atoms with Gasteiger partial charge in [0, 0.05) is 51.1 Å². The molecule has 345 valence electrons. The number of pyridine rings is 1. The first-order valence-corrected chi connectivity index (χ1v) is 27.1. The van der Waals surface area contributed by atoms with Gasteiger partial charge < -0.3 is 14.0 Å². The summed E-state index contributed by atoms with van der Waals surface area (Å²) in [5.74, 6) is 0.836. The van der Waals surface area contributed by atoms with Crippen molar-refractivity contribution in [2.45, 2.75) is 46.8 Å². The Labute approximate surface area is 427 Å². The standard InChI is InChI=1S/C45H27N2O.C19H26NSi.Ir/c1-3-11-29(12-4-1)33-20-23-39(37(27-33)30-13-5-2-6-14-30)47-40-24-19-32-16-8-10-18-36(32)44(40)46-45(47)34-22-25-41-38(28-34)43-35-17-9-7-15-31(35)21-26-42(43)48-41;1-19(2,3)13-16-12-17(15-10-8-7-9-11-15)20-14-18(16)21(4,5)6;/h1-21,23-28H;7-10,12,14H,13H2,1-6H3;/q2*-1;/i;13D2;. The van der Waals surface area contributed by atoms with Crippen molar-refractivity contribution in [1.82, 2.24) is 14.5 Å². The Bertz CT molecular complexity index is 3930. The number of furan rings is 1. The van der Waals surface area contributed by atoms with Crippen LogP contribution in [0.5, 0.6) is 0 Å². The van der Waals surface area contributed by atoms with Gasteiger partial charge in [-0.2, -0.15) is 0 Å². The number of fused-ring (bicyclic) bond motifs is 8. The molecule has 0 aliphatic carbocycles. The predicted molar refractivity (Wildman–Crippen MR) is 293 cm³/mol. The Morgan fingerprint density at radius 2 is 1.29 bits per heavy atom. The molecule has 0 saturated heterocycles. The van der Waals surface area contributed by atoms with Crippen LogP contribution < -0.4 is 5.19 Å². The summed E-state index contributed by atoms with van der Waals surface area (Å²) < 4.78 is 26.2. The zero-order valence-electron chi connectivity index (χ0n) is 42.1. The molecule has 6 heteroatoms. The smallest absolute Gasteiger partial charge is 0.121 e. The molecule has 1 radical (unpaired) electrons. The Kier molecular flexibility index (Phi) is 11.9. The van der Waals surface area contributed by atoms with Gasteiger partial charge in [0.2, 0.25) is 0 Å². The first kappa shape index (κ1) is 44.0. The molecule has 0 aliphatic rings. The van der Waals surface area contributed by atoms with Gasteiger partial charge in [-0.05, 0) is 79.8 Å². The van der Waals surface area contributed by atoms with Crippen molar-refractivity contribution in [2.24, 2.45) is 5.41 Å². The van der Waals surface area contributed by atoms with E-state index in [0.717, 1.165) is 94.0 Å². The van der Waals surface area contributed by atoms with Crippen LogP contribution in [0.3, 0.4) is 0 Å². The molecule has 3 heterocycles. The van der Waals surface area contributed by atoms with Crippen LogP contribution in [0.4, 0.5) is 0 Å². The minimum absolute atomic E-state index is 0. The number of rotatable bonds is 7. The van der Waals surface area contributed by atoms with Crippen LogP contribution in [0.1, 0.15) is 29.1 Å². The van der Waals surface area contributed by atoms with Crippen molar-refractivity contribution < 1.29 is 27.3 Å². The van der Waals surface area contributed by atoms with E-state index in [9.17, 15) is 0 Å². The van der Waals surface area contributed by atoms with E-state index in [1.807, 2.05) is 63.4 Å². The molecular weight excluding hydrogens is 1050 g/mol. The molecule has 3 aromatic heterocycles. The maximum atomic E-state index is 8.75. The van der Waals surface area contributed by atoms with E-state index >= 15 is 0 Å². The predicted octanol–water partition coefficient (Wildman–Crippen LogP) is 16.7. The van der Waals surface area contributed by atoms with Crippen LogP contribution >= 0.6 is 0 Å². The van der Waals surface area contributed by atoms with Crippen molar-refractivity contribution in [2.75, 3.05) is 0 Å². The second-order valence-corrected chi connectivity index (χ2v) is 24.8. The van der Waals surface area contributed by atoms with E-state index in [-0.39, 0.29) is 20.1 Å². The van der Waals surface area contributed by atoms with E-state index in [4.69, 9.17) is 12.1 Å². The molecule has 0 saturated carbocycles. The number of nitrogens with zero attached hydrogens (tertiary/aromatic N) is 3. The van der Waals surface area contributed by atoms with Crippen LogP contribution in [0.2, 0.25) is 19.6 Å². The Morgan fingerprint density at radius 1 is 0.614 bits per heavy atom. The number of imidazole rings is 1. The molecule has 0 spiro atoms. The van der Waals surface area contributed by atoms with Crippen molar-refractivity contribution in [3.8, 4) is 50.6 Å². The molecule has 12 aromatic rings. The fourth-order valence-electron chi connectivity index (χ4n) is 9.51. The fourth-order valence-corrected chi connectivity index (χ4v) is 10.9. The van der Waals surface area contributed by atoms with Gasteiger partial charge in [0.1, 0.15) is 5.58 Å². The van der Waals surface area contributed by atoms with Crippen LogP contribution in [-0.2, 0) is 26.5 Å². The van der Waals surface area contributed by atoms with Gasteiger partial charge in [-0.15, -0.1) is 59.7 Å². The molecule has 70 heavy (non-hydrogen) atoms. The number of hydrogen-bond donors (Lipinski definition) is 0. The van der Waals surface area contributed by atoms with Crippen molar-refractivity contribution >= 4 is 67.8 Å². The molecule has 0 N–H and O–H groups in total. The van der Waals surface area contributed by atoms with Crippen molar-refractivity contribution in [3.63, 3.8) is 0 Å². The summed E-state index contributed by atoms with van der Waals surface area (Å²) in [6.07, 6.45) is 0.469. The van der Waals surface area contributed by atoms with Crippen molar-refractivity contribution in [3.05, 3.63) is 218 Å². The number of benzene rings is 9.